The maximum atomic E-state index is 11.7. The fourth-order valence-corrected chi connectivity index (χ4v) is 1.63. The minimum absolute atomic E-state index is 0.110. The van der Waals surface area contributed by atoms with Crippen LogP contribution in [-0.4, -0.2) is 21.8 Å². The van der Waals surface area contributed by atoms with E-state index in [1.807, 2.05) is 38.1 Å². The maximum Gasteiger partial charge on any atom is 0.246 e. The lowest BCUT2D eigenvalue weighted by atomic mass is 10.3. The summed E-state index contributed by atoms with van der Waals surface area (Å²) in [6, 6.07) is 9.09. The summed E-state index contributed by atoms with van der Waals surface area (Å²) >= 11 is 0. The van der Waals surface area contributed by atoms with E-state index in [-0.39, 0.29) is 18.6 Å². The Balaban J connectivity index is 1.90. The van der Waals surface area contributed by atoms with Gasteiger partial charge in [-0.05, 0) is 44.2 Å². The van der Waals surface area contributed by atoms with Gasteiger partial charge in [0, 0.05) is 18.1 Å². The molecule has 0 aliphatic carbocycles. The zero-order chi connectivity index (χ0) is 13.7. The van der Waals surface area contributed by atoms with E-state index in [2.05, 4.69) is 10.4 Å². The molecule has 0 unspecified atom stereocenters. The summed E-state index contributed by atoms with van der Waals surface area (Å²) in [6.45, 7) is 4.15. The number of hydrogen-bond acceptors (Lipinski definition) is 3. The highest BCUT2D eigenvalue weighted by molar-refractivity contribution is 5.90. The van der Waals surface area contributed by atoms with Crippen LogP contribution in [0.15, 0.2) is 42.7 Å². The Labute approximate surface area is 112 Å². The van der Waals surface area contributed by atoms with Gasteiger partial charge in [-0.1, -0.05) is 0 Å². The van der Waals surface area contributed by atoms with Crippen molar-refractivity contribution in [2.45, 2.75) is 26.5 Å². The number of carbonyl (C=O) groups is 1. The van der Waals surface area contributed by atoms with Gasteiger partial charge in [-0.25, -0.2) is 0 Å². The molecule has 0 saturated heterocycles. The summed E-state index contributed by atoms with van der Waals surface area (Å²) in [7, 11) is 0. The molecule has 2 aromatic rings. The Morgan fingerprint density at radius 2 is 2.11 bits per heavy atom. The van der Waals surface area contributed by atoms with E-state index in [1.54, 1.807) is 23.1 Å². The van der Waals surface area contributed by atoms with Gasteiger partial charge in [0.2, 0.25) is 5.91 Å². The lowest BCUT2D eigenvalue weighted by Gasteiger charge is -2.10. The van der Waals surface area contributed by atoms with Gasteiger partial charge in [0.15, 0.2) is 0 Å². The number of nitrogens with one attached hydrogen (secondary N) is 1. The number of carbonyl (C=O) groups excluding carboxylic acids is 1. The zero-order valence-corrected chi connectivity index (χ0v) is 11.0. The molecule has 5 heteroatoms. The Bertz CT molecular complexity index is 518. The van der Waals surface area contributed by atoms with Gasteiger partial charge in [-0.15, -0.1) is 0 Å². The number of rotatable bonds is 5. The second kappa shape index (κ2) is 6.04. The topological polar surface area (TPSA) is 56.1 Å². The predicted octanol–water partition coefficient (Wildman–Crippen LogP) is 2.31. The Kier molecular flexibility index (Phi) is 4.18. The van der Waals surface area contributed by atoms with Crippen molar-refractivity contribution in [1.29, 1.82) is 0 Å². The molecular formula is C14H17N3O2. The SMILES string of the molecule is CC(C)Oc1ccc(NC(=O)Cn2cccn2)cc1. The molecule has 1 amide bonds. The van der Waals surface area contributed by atoms with Crippen molar-refractivity contribution in [3.63, 3.8) is 0 Å². The third-order valence-corrected chi connectivity index (χ3v) is 2.37. The number of ether oxygens (including phenoxy) is 1. The minimum Gasteiger partial charge on any atom is -0.491 e. The van der Waals surface area contributed by atoms with Crippen LogP contribution in [0.2, 0.25) is 0 Å². The van der Waals surface area contributed by atoms with Crippen molar-refractivity contribution < 1.29 is 9.53 Å². The number of hydrogen-bond donors (Lipinski definition) is 1. The molecule has 0 fully saturated rings. The zero-order valence-electron chi connectivity index (χ0n) is 11.0. The molecule has 1 heterocycles. The van der Waals surface area contributed by atoms with Crippen LogP contribution >= 0.6 is 0 Å². The van der Waals surface area contributed by atoms with E-state index < -0.39 is 0 Å². The summed E-state index contributed by atoms with van der Waals surface area (Å²) < 4.78 is 7.11. The number of nitrogens with zero attached hydrogens (tertiary/aromatic N) is 2. The normalized spacial score (nSPS) is 10.5. The van der Waals surface area contributed by atoms with Gasteiger partial charge < -0.3 is 10.1 Å². The summed E-state index contributed by atoms with van der Waals surface area (Å²) in [4.78, 5) is 11.7. The summed E-state index contributed by atoms with van der Waals surface area (Å²) in [5.41, 5.74) is 0.744. The highest BCUT2D eigenvalue weighted by Crippen LogP contribution is 2.16. The van der Waals surface area contributed by atoms with E-state index in [1.165, 1.54) is 0 Å². The fourth-order valence-electron chi connectivity index (χ4n) is 1.63. The summed E-state index contributed by atoms with van der Waals surface area (Å²) in [5.74, 6) is 0.682. The van der Waals surface area contributed by atoms with E-state index in [0.717, 1.165) is 11.4 Å². The van der Waals surface area contributed by atoms with Crippen LogP contribution in [0, 0.1) is 0 Å². The van der Waals surface area contributed by atoms with Crippen molar-refractivity contribution >= 4 is 11.6 Å². The smallest absolute Gasteiger partial charge is 0.246 e. The van der Waals surface area contributed by atoms with Crippen LogP contribution in [0.1, 0.15) is 13.8 Å². The molecule has 0 bridgehead atoms. The number of amides is 1. The highest BCUT2D eigenvalue weighted by atomic mass is 16.5. The molecule has 1 aromatic heterocycles. The van der Waals surface area contributed by atoms with E-state index in [4.69, 9.17) is 4.74 Å². The van der Waals surface area contributed by atoms with Gasteiger partial charge in [0.25, 0.3) is 0 Å². The molecule has 2 rings (SSSR count). The first-order chi connectivity index (χ1) is 9.13. The molecule has 1 N–H and O–H groups in total. The van der Waals surface area contributed by atoms with Crippen molar-refractivity contribution in [1.82, 2.24) is 9.78 Å². The molecular weight excluding hydrogens is 242 g/mol. The van der Waals surface area contributed by atoms with Gasteiger partial charge in [-0.2, -0.15) is 5.10 Å². The molecule has 1 aromatic carbocycles. The van der Waals surface area contributed by atoms with Crippen LogP contribution < -0.4 is 10.1 Å². The van der Waals surface area contributed by atoms with E-state index in [9.17, 15) is 4.79 Å². The van der Waals surface area contributed by atoms with Crippen LogP contribution in [0.25, 0.3) is 0 Å². The molecule has 0 aliphatic heterocycles. The first-order valence-electron chi connectivity index (χ1n) is 6.17. The van der Waals surface area contributed by atoms with E-state index in [0.29, 0.717) is 0 Å². The minimum atomic E-state index is -0.110. The van der Waals surface area contributed by atoms with Crippen LogP contribution in [0.5, 0.6) is 5.75 Å². The summed E-state index contributed by atoms with van der Waals surface area (Å²) in [5, 5.41) is 6.79. The second-order valence-electron chi connectivity index (χ2n) is 4.44. The standard InChI is InChI=1S/C14H17N3O2/c1-11(2)19-13-6-4-12(5-7-13)16-14(18)10-17-9-3-8-15-17/h3-9,11H,10H2,1-2H3,(H,16,18). The first-order valence-corrected chi connectivity index (χ1v) is 6.17. The molecule has 0 atom stereocenters. The predicted molar refractivity (Wildman–Crippen MR) is 73.1 cm³/mol. The van der Waals surface area contributed by atoms with Crippen molar-refractivity contribution in [3.05, 3.63) is 42.7 Å². The molecule has 0 spiro atoms. The molecule has 0 saturated carbocycles. The van der Waals surface area contributed by atoms with Gasteiger partial charge >= 0.3 is 0 Å². The van der Waals surface area contributed by atoms with Gasteiger partial charge in [-0.3, -0.25) is 9.48 Å². The average molecular weight is 259 g/mol. The Hall–Kier alpha value is -2.30. The van der Waals surface area contributed by atoms with Crippen molar-refractivity contribution in [2.24, 2.45) is 0 Å². The van der Waals surface area contributed by atoms with Gasteiger partial charge in [0.1, 0.15) is 12.3 Å². The third-order valence-electron chi connectivity index (χ3n) is 2.37. The van der Waals surface area contributed by atoms with Crippen LogP contribution in [-0.2, 0) is 11.3 Å². The monoisotopic (exact) mass is 259 g/mol. The quantitative estimate of drug-likeness (QED) is 0.896. The molecule has 0 aliphatic rings. The molecule has 100 valence electrons. The largest absolute Gasteiger partial charge is 0.491 e. The average Bonchev–Trinajstić information content (AvgIpc) is 2.83. The number of benzene rings is 1. The number of anilines is 1. The second-order valence-corrected chi connectivity index (χ2v) is 4.44. The van der Waals surface area contributed by atoms with E-state index >= 15 is 0 Å². The lowest BCUT2D eigenvalue weighted by molar-refractivity contribution is -0.116. The molecule has 5 nitrogen and oxygen atoms in total. The third kappa shape index (κ3) is 4.13. The first kappa shape index (κ1) is 13.1. The maximum absolute atomic E-state index is 11.7. The number of aromatic nitrogens is 2. The van der Waals surface area contributed by atoms with Gasteiger partial charge in [0.05, 0.1) is 6.10 Å². The van der Waals surface area contributed by atoms with Crippen molar-refractivity contribution in [2.75, 3.05) is 5.32 Å². The van der Waals surface area contributed by atoms with Crippen LogP contribution in [0.4, 0.5) is 5.69 Å². The lowest BCUT2D eigenvalue weighted by Crippen LogP contribution is -2.18. The molecule has 19 heavy (non-hydrogen) atoms. The highest BCUT2D eigenvalue weighted by Gasteiger charge is 2.04. The molecule has 0 radical (unpaired) electrons. The van der Waals surface area contributed by atoms with Crippen molar-refractivity contribution in [3.8, 4) is 5.75 Å². The Morgan fingerprint density at radius 3 is 2.68 bits per heavy atom. The Morgan fingerprint density at radius 1 is 1.37 bits per heavy atom. The van der Waals surface area contributed by atoms with Crippen LogP contribution in [0.3, 0.4) is 0 Å². The fraction of sp³-hybridized carbons (Fsp3) is 0.286. The summed E-state index contributed by atoms with van der Waals surface area (Å²) in [6.07, 6.45) is 3.53.